The molecule has 0 aliphatic carbocycles. The molecule has 0 aliphatic heterocycles. The number of rotatable bonds is 7. The van der Waals surface area contributed by atoms with Crippen molar-refractivity contribution in [2.45, 2.75) is 78.8 Å². The fourth-order valence-electron chi connectivity index (χ4n) is 8.28. The van der Waals surface area contributed by atoms with Gasteiger partial charge in [0.15, 0.2) is 0 Å². The molecule has 10 rings (SSSR count). The number of furan rings is 1. The van der Waals surface area contributed by atoms with E-state index in [1.165, 1.54) is 39.3 Å². The third kappa shape index (κ3) is 8.38. The molecule has 5 aromatic heterocycles. The van der Waals surface area contributed by atoms with Gasteiger partial charge >= 0.3 is 0 Å². The van der Waals surface area contributed by atoms with Gasteiger partial charge < -0.3 is 14.0 Å². The van der Waals surface area contributed by atoms with Gasteiger partial charge in [0.1, 0.15) is 11.9 Å². The van der Waals surface area contributed by atoms with Crippen LogP contribution in [0.1, 0.15) is 50.7 Å². The molecule has 7 nitrogen and oxygen atoms in total. The molecule has 5 aromatic carbocycles. The SMILES string of the molecule is CC(C)c1cc([Si](C)(C)C)cc(C(C)C)c1-n1c(-c2[c-]ccc3c2oc2cc4c(cc23)ncc2ncncc24)nc2ccccc21.C[Si](C)(C)c1ccc(-c2[c-]cc(F)cc2)nc1.[Ir]. The van der Waals surface area contributed by atoms with Crippen molar-refractivity contribution < 1.29 is 28.9 Å². The van der Waals surface area contributed by atoms with Crippen molar-refractivity contribution in [1.29, 1.82) is 0 Å². The maximum absolute atomic E-state index is 12.8. The fourth-order valence-corrected chi connectivity index (χ4v) is 10.5. The predicted molar refractivity (Wildman–Crippen MR) is 264 cm³/mol. The van der Waals surface area contributed by atoms with Crippen molar-refractivity contribution in [3.8, 4) is 28.3 Å². The molecular weight excluding hydrogens is 1000 g/mol. The largest absolute Gasteiger partial charge is 0.501 e. The quantitative estimate of drug-likeness (QED) is 0.0898. The van der Waals surface area contributed by atoms with Gasteiger partial charge in [-0.05, 0) is 58.1 Å². The number of benzene rings is 5. The van der Waals surface area contributed by atoms with Crippen molar-refractivity contribution in [2.24, 2.45) is 0 Å². The number of fused-ring (bicyclic) bond motifs is 7. The molecule has 0 fully saturated rings. The number of nitrogens with zero attached hydrogens (tertiary/aromatic N) is 6. The second-order valence-electron chi connectivity index (χ2n) is 19.1. The van der Waals surface area contributed by atoms with E-state index in [-0.39, 0.29) is 25.9 Å². The maximum Gasteiger partial charge on any atom is 0.121 e. The van der Waals surface area contributed by atoms with Crippen LogP contribution in [-0.4, -0.2) is 45.6 Å². The van der Waals surface area contributed by atoms with Gasteiger partial charge in [-0.2, -0.15) is 0 Å². The minimum atomic E-state index is -1.58. The van der Waals surface area contributed by atoms with Crippen LogP contribution in [0.15, 0.2) is 120 Å². The second kappa shape index (κ2) is 17.3. The molecule has 10 aromatic rings. The van der Waals surface area contributed by atoms with E-state index in [9.17, 15) is 4.39 Å². The first-order valence-electron chi connectivity index (χ1n) is 21.6. The van der Waals surface area contributed by atoms with E-state index < -0.39 is 16.1 Å². The molecule has 0 unspecified atom stereocenters. The minimum Gasteiger partial charge on any atom is -0.501 e. The van der Waals surface area contributed by atoms with E-state index in [0.717, 1.165) is 77.4 Å². The zero-order valence-electron chi connectivity index (χ0n) is 37.9. The summed E-state index contributed by atoms with van der Waals surface area (Å²) in [4.78, 5) is 23.1. The molecule has 1 radical (unpaired) electrons. The van der Waals surface area contributed by atoms with E-state index in [4.69, 9.17) is 14.4 Å². The second-order valence-corrected chi connectivity index (χ2v) is 29.2. The molecule has 0 aliphatic rings. The normalized spacial score (nSPS) is 12.1. The van der Waals surface area contributed by atoms with Crippen molar-refractivity contribution in [1.82, 2.24) is 29.5 Å². The Kier molecular flexibility index (Phi) is 12.2. The zero-order chi connectivity index (χ0) is 44.4. The molecule has 0 amide bonds. The van der Waals surface area contributed by atoms with Crippen LogP contribution in [0.2, 0.25) is 39.3 Å². The molecule has 0 bridgehead atoms. The first kappa shape index (κ1) is 44.9. The van der Waals surface area contributed by atoms with Crippen LogP contribution in [0.4, 0.5) is 4.39 Å². The molecule has 64 heavy (non-hydrogen) atoms. The Balaban J connectivity index is 0.000000262. The Morgan fingerprint density at radius 2 is 1.39 bits per heavy atom. The minimum absolute atomic E-state index is 0. The van der Waals surface area contributed by atoms with Crippen LogP contribution < -0.4 is 10.4 Å². The number of hydrogen-bond acceptors (Lipinski definition) is 6. The molecule has 0 spiro atoms. The third-order valence-corrected chi connectivity index (χ3v) is 15.9. The van der Waals surface area contributed by atoms with Crippen molar-refractivity contribution in [2.75, 3.05) is 0 Å². The molecule has 0 atom stereocenters. The molecule has 0 saturated heterocycles. The number of aromatic nitrogens is 6. The van der Waals surface area contributed by atoms with Gasteiger partial charge in [-0.15, -0.1) is 48.0 Å². The summed E-state index contributed by atoms with van der Waals surface area (Å²) < 4.78 is 21.9. The summed E-state index contributed by atoms with van der Waals surface area (Å²) in [6.07, 6.45) is 7.13. The van der Waals surface area contributed by atoms with Gasteiger partial charge in [0.05, 0.1) is 55.8 Å². The Hall–Kier alpha value is -5.72. The Bertz CT molecular complexity index is 3300. The molecule has 325 valence electrons. The number of hydrogen-bond donors (Lipinski definition) is 0. The van der Waals surface area contributed by atoms with E-state index in [0.29, 0.717) is 11.8 Å². The molecule has 0 saturated carbocycles. The standard InChI is InChI=1S/C39H36N5OSi.C14H15FNSi.Ir/c1-22(2)27-15-24(46(5,6)7)16-28(23(3)4)37(27)44-35-14-9-8-13-32(35)43-39(44)26-12-10-11-25-30-17-33-29(18-36(30)45-38(25)26)31-19-40-21-42-34(31)20-41-33;1-17(2,3)13-8-9-14(16-10-13)11-4-6-12(15)7-5-11;/h8-11,13-23H,1-7H3;4,6-10H,1-3H3;/q2*-1;. The smallest absolute Gasteiger partial charge is 0.121 e. The monoisotopic (exact) mass is 1060 g/mol. The Morgan fingerprint density at radius 1 is 0.656 bits per heavy atom. The van der Waals surface area contributed by atoms with Crippen molar-refractivity contribution in [3.63, 3.8) is 0 Å². The number of halogens is 1. The molecular formula is C53H51FIrN6OSi2-2. The average molecular weight is 1060 g/mol. The Labute approximate surface area is 389 Å². The van der Waals surface area contributed by atoms with Crippen molar-refractivity contribution >= 4 is 81.3 Å². The molecule has 11 heteroatoms. The first-order chi connectivity index (χ1) is 30.1. The maximum atomic E-state index is 12.8. The predicted octanol–water partition coefficient (Wildman–Crippen LogP) is 12.9. The van der Waals surface area contributed by atoms with Crippen LogP contribution in [0.25, 0.3) is 83.1 Å². The number of para-hydroxylation sites is 2. The zero-order valence-corrected chi connectivity index (χ0v) is 42.3. The molecule has 0 N–H and O–H groups in total. The summed E-state index contributed by atoms with van der Waals surface area (Å²) in [7, 11) is -2.88. The summed E-state index contributed by atoms with van der Waals surface area (Å²) in [6.45, 7) is 23.4. The number of pyridine rings is 2. The summed E-state index contributed by atoms with van der Waals surface area (Å²) in [6, 6.07) is 36.6. The van der Waals surface area contributed by atoms with Crippen LogP contribution in [0.5, 0.6) is 0 Å². The van der Waals surface area contributed by atoms with Crippen LogP contribution in [-0.2, 0) is 20.1 Å². The van der Waals surface area contributed by atoms with E-state index >= 15 is 0 Å². The number of imidazole rings is 1. The topological polar surface area (TPSA) is 82.5 Å². The van der Waals surface area contributed by atoms with Gasteiger partial charge in [-0.1, -0.05) is 120 Å². The van der Waals surface area contributed by atoms with Gasteiger partial charge in [-0.3, -0.25) is 14.4 Å². The van der Waals surface area contributed by atoms with Gasteiger partial charge in [-0.25, -0.2) is 9.97 Å². The van der Waals surface area contributed by atoms with Gasteiger partial charge in [0.25, 0.3) is 0 Å². The average Bonchev–Trinajstić information content (AvgIpc) is 3.83. The summed E-state index contributed by atoms with van der Waals surface area (Å²) in [5, 5.41) is 6.75. The fraction of sp³-hybridized carbons (Fsp3) is 0.226. The first-order valence-corrected chi connectivity index (χ1v) is 28.6. The summed E-state index contributed by atoms with van der Waals surface area (Å²) in [5.41, 5.74) is 11.7. The van der Waals surface area contributed by atoms with Gasteiger partial charge in [0, 0.05) is 60.2 Å². The van der Waals surface area contributed by atoms with Crippen molar-refractivity contribution in [3.05, 3.63) is 145 Å². The van der Waals surface area contributed by atoms with Crippen LogP contribution in [0.3, 0.4) is 0 Å². The molecule has 5 heterocycles. The van der Waals surface area contributed by atoms with Gasteiger partial charge in [0.2, 0.25) is 0 Å². The Morgan fingerprint density at radius 3 is 2.05 bits per heavy atom. The van der Waals surface area contributed by atoms with E-state index in [1.54, 1.807) is 18.6 Å². The summed E-state index contributed by atoms with van der Waals surface area (Å²) >= 11 is 0. The van der Waals surface area contributed by atoms with Crippen LogP contribution in [0, 0.1) is 17.9 Å². The van der Waals surface area contributed by atoms with E-state index in [1.807, 2.05) is 24.5 Å². The summed E-state index contributed by atoms with van der Waals surface area (Å²) in [5.74, 6) is 1.20. The third-order valence-electron chi connectivity index (χ3n) is 11.9. The van der Waals surface area contributed by atoms with Crippen LogP contribution >= 0.6 is 0 Å². The van der Waals surface area contributed by atoms with E-state index in [2.05, 4.69) is 159 Å².